The molecule has 11 heteroatoms. The topological polar surface area (TPSA) is 105 Å². The maximum atomic E-state index is 14.3. The number of carbonyl (C=O) groups is 2. The van der Waals surface area contributed by atoms with Crippen molar-refractivity contribution < 1.29 is 27.5 Å². The Hall–Kier alpha value is -3.76. The van der Waals surface area contributed by atoms with Crippen molar-refractivity contribution in [3.63, 3.8) is 0 Å². The Balaban J connectivity index is 1.75. The minimum atomic E-state index is -4.27. The molecule has 1 saturated carbocycles. The van der Waals surface area contributed by atoms with Gasteiger partial charge in [-0.3, -0.25) is 13.9 Å². The van der Waals surface area contributed by atoms with Gasteiger partial charge in [0, 0.05) is 17.6 Å². The van der Waals surface area contributed by atoms with E-state index in [1.807, 2.05) is 6.92 Å². The number of para-hydroxylation sites is 2. The largest absolute Gasteiger partial charge is 0.497 e. The molecule has 9 nitrogen and oxygen atoms in total. The fourth-order valence-electron chi connectivity index (χ4n) is 5.32. The number of amides is 2. The van der Waals surface area contributed by atoms with Gasteiger partial charge in [-0.05, 0) is 67.3 Å². The predicted molar refractivity (Wildman–Crippen MR) is 167 cm³/mol. The zero-order valence-electron chi connectivity index (χ0n) is 24.7. The molecule has 2 amide bonds. The highest BCUT2D eigenvalue weighted by Gasteiger charge is 2.35. The molecule has 0 bridgehead atoms. The van der Waals surface area contributed by atoms with E-state index in [1.54, 1.807) is 60.7 Å². The van der Waals surface area contributed by atoms with Gasteiger partial charge in [-0.15, -0.1) is 0 Å². The van der Waals surface area contributed by atoms with Gasteiger partial charge in [-0.1, -0.05) is 61.7 Å². The van der Waals surface area contributed by atoms with E-state index in [1.165, 1.54) is 31.3 Å². The van der Waals surface area contributed by atoms with E-state index in [4.69, 9.17) is 21.1 Å². The van der Waals surface area contributed by atoms with Crippen LogP contribution >= 0.6 is 11.6 Å². The molecule has 43 heavy (non-hydrogen) atoms. The zero-order valence-corrected chi connectivity index (χ0v) is 26.2. The molecule has 0 aromatic heterocycles. The molecule has 1 fully saturated rings. The van der Waals surface area contributed by atoms with Gasteiger partial charge in [0.2, 0.25) is 11.8 Å². The first kappa shape index (κ1) is 32.2. The van der Waals surface area contributed by atoms with Gasteiger partial charge < -0.3 is 19.7 Å². The first-order valence-corrected chi connectivity index (χ1v) is 16.1. The third kappa shape index (κ3) is 7.61. The van der Waals surface area contributed by atoms with Crippen LogP contribution in [0.25, 0.3) is 0 Å². The minimum absolute atomic E-state index is 0.0252. The minimum Gasteiger partial charge on any atom is -0.497 e. The van der Waals surface area contributed by atoms with Gasteiger partial charge in [0.05, 0.1) is 24.8 Å². The number of hydrogen-bond donors (Lipinski definition) is 1. The predicted octanol–water partition coefficient (Wildman–Crippen LogP) is 5.42. The van der Waals surface area contributed by atoms with Crippen molar-refractivity contribution in [1.29, 1.82) is 0 Å². The van der Waals surface area contributed by atoms with Gasteiger partial charge in [-0.25, -0.2) is 8.42 Å². The smallest absolute Gasteiger partial charge is 0.264 e. The Bertz CT molecular complexity index is 1510. The Morgan fingerprint density at radius 1 is 0.953 bits per heavy atom. The van der Waals surface area contributed by atoms with Crippen LogP contribution in [-0.4, -0.2) is 58.0 Å². The van der Waals surface area contributed by atoms with Crippen molar-refractivity contribution in [2.45, 2.75) is 62.6 Å². The van der Waals surface area contributed by atoms with Gasteiger partial charge in [-0.2, -0.15) is 0 Å². The van der Waals surface area contributed by atoms with Crippen LogP contribution in [0, 0.1) is 0 Å². The Labute approximate surface area is 258 Å². The summed E-state index contributed by atoms with van der Waals surface area (Å²) >= 11 is 6.48. The van der Waals surface area contributed by atoms with Gasteiger partial charge in [0.1, 0.15) is 24.1 Å². The lowest BCUT2D eigenvalue weighted by Crippen LogP contribution is -2.53. The second-order valence-corrected chi connectivity index (χ2v) is 12.7. The number of ether oxygens (including phenoxy) is 2. The number of carbonyl (C=O) groups excluding carboxylic acids is 2. The molecule has 3 aromatic carbocycles. The van der Waals surface area contributed by atoms with Crippen LogP contribution in [0.2, 0.25) is 5.02 Å². The number of benzene rings is 3. The number of hydrogen-bond acceptors (Lipinski definition) is 6. The van der Waals surface area contributed by atoms with Crippen molar-refractivity contribution >= 4 is 39.1 Å². The number of methoxy groups -OCH3 is 2. The summed E-state index contributed by atoms with van der Waals surface area (Å²) in [5, 5.41) is 3.55. The van der Waals surface area contributed by atoms with E-state index < -0.39 is 28.5 Å². The molecule has 0 radical (unpaired) electrons. The summed E-state index contributed by atoms with van der Waals surface area (Å²) in [7, 11) is -1.35. The first-order chi connectivity index (χ1) is 20.7. The maximum absolute atomic E-state index is 14.3. The highest BCUT2D eigenvalue weighted by molar-refractivity contribution is 7.92. The fourth-order valence-corrected chi connectivity index (χ4v) is 6.94. The Morgan fingerprint density at radius 2 is 1.60 bits per heavy atom. The van der Waals surface area contributed by atoms with Crippen molar-refractivity contribution in [2.24, 2.45) is 0 Å². The van der Waals surface area contributed by atoms with Crippen LogP contribution in [-0.2, 0) is 26.2 Å². The Morgan fingerprint density at radius 3 is 2.23 bits per heavy atom. The molecule has 0 spiro atoms. The molecule has 1 N–H and O–H groups in total. The molecule has 0 unspecified atom stereocenters. The summed E-state index contributed by atoms with van der Waals surface area (Å²) < 4.78 is 40.0. The molecule has 3 aromatic rings. The summed E-state index contributed by atoms with van der Waals surface area (Å²) in [6, 6.07) is 18.8. The highest BCUT2D eigenvalue weighted by Crippen LogP contribution is 2.33. The molecule has 0 saturated heterocycles. The molecule has 1 aliphatic rings. The van der Waals surface area contributed by atoms with E-state index in [9.17, 15) is 18.0 Å². The van der Waals surface area contributed by atoms with Crippen LogP contribution in [0.5, 0.6) is 11.5 Å². The van der Waals surface area contributed by atoms with Crippen molar-refractivity contribution in [2.75, 3.05) is 25.1 Å². The molecular weight excluding hydrogens is 590 g/mol. The molecule has 230 valence electrons. The number of sulfonamides is 1. The lowest BCUT2D eigenvalue weighted by Gasteiger charge is -2.34. The molecule has 4 rings (SSSR count). The Kier molecular flexibility index (Phi) is 10.9. The summed E-state index contributed by atoms with van der Waals surface area (Å²) in [6.45, 7) is 1.28. The molecule has 1 atom stereocenters. The van der Waals surface area contributed by atoms with Gasteiger partial charge >= 0.3 is 0 Å². The highest BCUT2D eigenvalue weighted by atomic mass is 35.5. The molecule has 0 heterocycles. The lowest BCUT2D eigenvalue weighted by molar-refractivity contribution is -0.140. The molecule has 0 aliphatic heterocycles. The third-order valence-electron chi connectivity index (χ3n) is 7.67. The van der Waals surface area contributed by atoms with E-state index in [2.05, 4.69) is 5.32 Å². The van der Waals surface area contributed by atoms with E-state index in [0.29, 0.717) is 22.8 Å². The van der Waals surface area contributed by atoms with Crippen LogP contribution in [0.4, 0.5) is 5.69 Å². The number of rotatable bonds is 13. The van der Waals surface area contributed by atoms with E-state index >= 15 is 0 Å². The normalized spacial score (nSPS) is 14.1. The average molecular weight is 628 g/mol. The first-order valence-electron chi connectivity index (χ1n) is 14.3. The second kappa shape index (κ2) is 14.6. The average Bonchev–Trinajstić information content (AvgIpc) is 3.53. The number of anilines is 1. The van der Waals surface area contributed by atoms with E-state index in [-0.39, 0.29) is 34.8 Å². The maximum Gasteiger partial charge on any atom is 0.264 e. The molecule has 1 aliphatic carbocycles. The second-order valence-electron chi connectivity index (χ2n) is 10.4. The summed E-state index contributed by atoms with van der Waals surface area (Å²) in [5.41, 5.74) is 0.835. The number of nitrogens with one attached hydrogen (secondary N) is 1. The van der Waals surface area contributed by atoms with Crippen LogP contribution in [0.15, 0.2) is 77.7 Å². The summed E-state index contributed by atoms with van der Waals surface area (Å²) in [4.78, 5) is 29.3. The summed E-state index contributed by atoms with van der Waals surface area (Å²) in [6.07, 6.45) is 4.20. The standard InChI is InChI=1S/C32H38ClN3O6S/c1-4-28(32(38)34-24-12-6-7-13-24)35(21-23-11-5-8-14-27(23)33)31(37)22-36(29-15-9-10-16-30(29)42-3)43(39,40)26-19-17-25(41-2)18-20-26/h5,8-11,14-20,24,28H,4,6-7,12-13,21-22H2,1-3H3,(H,34,38)/t28-/m0/s1. The van der Waals surface area contributed by atoms with Crippen LogP contribution < -0.4 is 19.1 Å². The third-order valence-corrected chi connectivity index (χ3v) is 9.81. The van der Waals surface area contributed by atoms with Gasteiger partial charge in [0.25, 0.3) is 10.0 Å². The quantitative estimate of drug-likeness (QED) is 0.271. The van der Waals surface area contributed by atoms with E-state index in [0.717, 1.165) is 30.0 Å². The summed E-state index contributed by atoms with van der Waals surface area (Å²) in [5.74, 6) is -0.0621. The lowest BCUT2D eigenvalue weighted by atomic mass is 10.1. The SMILES string of the molecule is CC[C@@H](C(=O)NC1CCCC1)N(Cc1ccccc1Cl)C(=O)CN(c1ccccc1OC)S(=O)(=O)c1ccc(OC)cc1. The number of halogens is 1. The van der Waals surface area contributed by atoms with Crippen LogP contribution in [0.3, 0.4) is 0 Å². The van der Waals surface area contributed by atoms with Crippen molar-refractivity contribution in [1.82, 2.24) is 10.2 Å². The van der Waals surface area contributed by atoms with Crippen molar-refractivity contribution in [3.8, 4) is 11.5 Å². The monoisotopic (exact) mass is 627 g/mol. The number of nitrogens with zero attached hydrogens (tertiary/aromatic N) is 2. The van der Waals surface area contributed by atoms with Crippen LogP contribution in [0.1, 0.15) is 44.6 Å². The zero-order chi connectivity index (χ0) is 31.0. The van der Waals surface area contributed by atoms with Gasteiger partial charge in [0.15, 0.2) is 0 Å². The van der Waals surface area contributed by atoms with Crippen molar-refractivity contribution in [3.05, 3.63) is 83.4 Å². The fraction of sp³-hybridized carbons (Fsp3) is 0.375. The molecular formula is C32H38ClN3O6S.